The number of allylic oxidation sites excluding steroid dienone is 1. The number of carbonyl (C=O) groups excluding carboxylic acids is 1. The van der Waals surface area contributed by atoms with Gasteiger partial charge in [0.05, 0.1) is 18.6 Å². The zero-order valence-corrected chi connectivity index (χ0v) is 11.2. The van der Waals surface area contributed by atoms with Crippen LogP contribution in [-0.4, -0.2) is 23.6 Å². The molecule has 0 aromatic heterocycles. The predicted molar refractivity (Wildman–Crippen MR) is 74.2 cm³/mol. The Balaban J connectivity index is 1.97. The fourth-order valence-corrected chi connectivity index (χ4v) is 2.19. The van der Waals surface area contributed by atoms with Gasteiger partial charge in [-0.1, -0.05) is 31.6 Å². The van der Waals surface area contributed by atoms with E-state index in [1.54, 1.807) is 6.08 Å². The standard InChI is InChI=1S/C16H20O3/c1-2-3-9-19-13-6-4-5-12(10-13)11-14-15(17)7-8-16(14)18/h4-8,10,14-15,17H,2-3,9,11H2,1H3. The van der Waals surface area contributed by atoms with Gasteiger partial charge in [-0.05, 0) is 36.6 Å². The van der Waals surface area contributed by atoms with Gasteiger partial charge in [-0.25, -0.2) is 0 Å². The molecule has 1 aliphatic rings. The van der Waals surface area contributed by atoms with E-state index in [2.05, 4.69) is 6.92 Å². The number of hydrogen-bond donors (Lipinski definition) is 1. The van der Waals surface area contributed by atoms with E-state index in [0.717, 1.165) is 24.2 Å². The highest BCUT2D eigenvalue weighted by atomic mass is 16.5. The minimum Gasteiger partial charge on any atom is -0.494 e. The SMILES string of the molecule is CCCCOc1cccc(CC2C(=O)C=CC2O)c1. The first kappa shape index (κ1) is 13.8. The van der Waals surface area contributed by atoms with Crippen molar-refractivity contribution in [2.75, 3.05) is 6.61 Å². The van der Waals surface area contributed by atoms with Crippen LogP contribution in [-0.2, 0) is 11.2 Å². The molecule has 3 nitrogen and oxygen atoms in total. The number of ketones is 1. The summed E-state index contributed by atoms with van der Waals surface area (Å²) < 4.78 is 5.64. The highest BCUT2D eigenvalue weighted by Crippen LogP contribution is 2.22. The van der Waals surface area contributed by atoms with Crippen LogP contribution in [0.15, 0.2) is 36.4 Å². The zero-order chi connectivity index (χ0) is 13.7. The lowest BCUT2D eigenvalue weighted by Gasteiger charge is -2.14. The number of carbonyl (C=O) groups is 1. The minimum atomic E-state index is -0.655. The summed E-state index contributed by atoms with van der Waals surface area (Å²) in [6, 6.07) is 7.76. The summed E-state index contributed by atoms with van der Waals surface area (Å²) in [5.74, 6) is 0.495. The Hall–Kier alpha value is -1.61. The third kappa shape index (κ3) is 3.67. The first-order valence-corrected chi connectivity index (χ1v) is 6.82. The van der Waals surface area contributed by atoms with Crippen LogP contribution in [0.2, 0.25) is 0 Å². The highest BCUT2D eigenvalue weighted by Gasteiger charge is 2.28. The molecule has 102 valence electrons. The molecular formula is C16H20O3. The van der Waals surface area contributed by atoms with Gasteiger partial charge in [-0.3, -0.25) is 4.79 Å². The topological polar surface area (TPSA) is 46.5 Å². The van der Waals surface area contributed by atoms with Crippen LogP contribution in [0, 0.1) is 5.92 Å². The van der Waals surface area contributed by atoms with Crippen LogP contribution in [0.25, 0.3) is 0 Å². The maximum Gasteiger partial charge on any atom is 0.161 e. The number of aliphatic hydroxyl groups excluding tert-OH is 1. The van der Waals surface area contributed by atoms with Gasteiger partial charge in [0.1, 0.15) is 5.75 Å². The molecule has 0 saturated carbocycles. The fraction of sp³-hybridized carbons (Fsp3) is 0.438. The summed E-state index contributed by atoms with van der Waals surface area (Å²) in [7, 11) is 0. The van der Waals surface area contributed by atoms with Gasteiger partial charge >= 0.3 is 0 Å². The summed E-state index contributed by atoms with van der Waals surface area (Å²) in [6.07, 6.45) is 5.07. The predicted octanol–water partition coefficient (Wildman–Crippen LogP) is 2.52. The summed E-state index contributed by atoms with van der Waals surface area (Å²) in [4.78, 5) is 11.6. The Morgan fingerprint density at radius 2 is 2.21 bits per heavy atom. The average Bonchev–Trinajstić information content (AvgIpc) is 2.72. The monoisotopic (exact) mass is 260 g/mol. The van der Waals surface area contributed by atoms with Crippen molar-refractivity contribution in [3.63, 3.8) is 0 Å². The van der Waals surface area contributed by atoms with E-state index in [-0.39, 0.29) is 11.7 Å². The van der Waals surface area contributed by atoms with Crippen LogP contribution in [0.1, 0.15) is 25.3 Å². The molecular weight excluding hydrogens is 240 g/mol. The number of aliphatic hydroxyl groups is 1. The van der Waals surface area contributed by atoms with Gasteiger partial charge in [0, 0.05) is 0 Å². The van der Waals surface area contributed by atoms with Crippen LogP contribution in [0.3, 0.4) is 0 Å². The second-order valence-electron chi connectivity index (χ2n) is 4.91. The van der Waals surface area contributed by atoms with Crippen molar-refractivity contribution >= 4 is 5.78 Å². The van der Waals surface area contributed by atoms with Crippen molar-refractivity contribution in [3.05, 3.63) is 42.0 Å². The third-order valence-electron chi connectivity index (χ3n) is 3.36. The van der Waals surface area contributed by atoms with Crippen molar-refractivity contribution in [2.45, 2.75) is 32.3 Å². The molecule has 0 spiro atoms. The molecule has 1 aromatic rings. The summed E-state index contributed by atoms with van der Waals surface area (Å²) in [5.41, 5.74) is 1.02. The normalized spacial score (nSPS) is 21.9. The Morgan fingerprint density at radius 1 is 1.37 bits per heavy atom. The Morgan fingerprint density at radius 3 is 2.89 bits per heavy atom. The summed E-state index contributed by atoms with van der Waals surface area (Å²) >= 11 is 0. The van der Waals surface area contributed by atoms with Crippen LogP contribution < -0.4 is 4.74 Å². The number of rotatable bonds is 6. The second kappa shape index (κ2) is 6.53. The quantitative estimate of drug-likeness (QED) is 0.799. The molecule has 1 N–H and O–H groups in total. The van der Waals surface area contributed by atoms with E-state index in [4.69, 9.17) is 4.74 Å². The largest absolute Gasteiger partial charge is 0.494 e. The molecule has 0 saturated heterocycles. The third-order valence-corrected chi connectivity index (χ3v) is 3.36. The maximum atomic E-state index is 11.6. The molecule has 0 radical (unpaired) electrons. The molecule has 3 heteroatoms. The van der Waals surface area contributed by atoms with Crippen molar-refractivity contribution in [3.8, 4) is 5.75 Å². The lowest BCUT2D eigenvalue weighted by atomic mass is 9.94. The van der Waals surface area contributed by atoms with Gasteiger partial charge in [-0.2, -0.15) is 0 Å². The fourth-order valence-electron chi connectivity index (χ4n) is 2.19. The van der Waals surface area contributed by atoms with Crippen molar-refractivity contribution in [1.82, 2.24) is 0 Å². The molecule has 2 atom stereocenters. The lowest BCUT2D eigenvalue weighted by Crippen LogP contribution is -2.22. The van der Waals surface area contributed by atoms with Crippen LogP contribution in [0.4, 0.5) is 0 Å². The van der Waals surface area contributed by atoms with Gasteiger partial charge < -0.3 is 9.84 Å². The Labute approximate surface area is 113 Å². The zero-order valence-electron chi connectivity index (χ0n) is 11.2. The Kier molecular flexibility index (Phi) is 4.74. The van der Waals surface area contributed by atoms with Crippen molar-refractivity contribution < 1.29 is 14.6 Å². The molecule has 2 rings (SSSR count). The van der Waals surface area contributed by atoms with Crippen LogP contribution in [0.5, 0.6) is 5.75 Å². The highest BCUT2D eigenvalue weighted by molar-refractivity contribution is 5.95. The number of hydrogen-bond acceptors (Lipinski definition) is 3. The molecule has 0 heterocycles. The molecule has 0 aliphatic heterocycles. The van der Waals surface area contributed by atoms with Crippen molar-refractivity contribution in [2.24, 2.45) is 5.92 Å². The first-order chi connectivity index (χ1) is 9.20. The number of ether oxygens (including phenoxy) is 1. The van der Waals surface area contributed by atoms with E-state index in [0.29, 0.717) is 13.0 Å². The smallest absolute Gasteiger partial charge is 0.161 e. The van der Waals surface area contributed by atoms with E-state index in [9.17, 15) is 9.90 Å². The molecule has 2 unspecified atom stereocenters. The first-order valence-electron chi connectivity index (χ1n) is 6.82. The second-order valence-corrected chi connectivity index (χ2v) is 4.91. The minimum absolute atomic E-state index is 0.00445. The van der Waals surface area contributed by atoms with E-state index >= 15 is 0 Å². The van der Waals surface area contributed by atoms with Gasteiger partial charge in [0.15, 0.2) is 5.78 Å². The molecule has 0 bridgehead atoms. The van der Waals surface area contributed by atoms with Gasteiger partial charge in [-0.15, -0.1) is 0 Å². The van der Waals surface area contributed by atoms with Gasteiger partial charge in [0.2, 0.25) is 0 Å². The number of unbranched alkanes of at least 4 members (excludes halogenated alkanes) is 1. The summed E-state index contributed by atoms with van der Waals surface area (Å²) in [5, 5.41) is 9.72. The van der Waals surface area contributed by atoms with Crippen molar-refractivity contribution in [1.29, 1.82) is 0 Å². The van der Waals surface area contributed by atoms with E-state index < -0.39 is 6.10 Å². The molecule has 19 heavy (non-hydrogen) atoms. The molecule has 1 aliphatic carbocycles. The lowest BCUT2D eigenvalue weighted by molar-refractivity contribution is -0.119. The average molecular weight is 260 g/mol. The van der Waals surface area contributed by atoms with Crippen LogP contribution >= 0.6 is 0 Å². The molecule has 0 amide bonds. The van der Waals surface area contributed by atoms with Gasteiger partial charge in [0.25, 0.3) is 0 Å². The Bertz CT molecular complexity index is 465. The molecule has 0 fully saturated rings. The summed E-state index contributed by atoms with van der Waals surface area (Å²) in [6.45, 7) is 2.84. The molecule has 1 aromatic carbocycles. The van der Waals surface area contributed by atoms with E-state index in [1.807, 2.05) is 24.3 Å². The maximum absolute atomic E-state index is 11.6. The van der Waals surface area contributed by atoms with E-state index in [1.165, 1.54) is 6.08 Å². The number of benzene rings is 1.